The van der Waals surface area contributed by atoms with Gasteiger partial charge in [-0.15, -0.1) is 0 Å². The minimum Gasteiger partial charge on any atom is -0.319 e. The zero-order valence-electron chi connectivity index (χ0n) is 10.5. The van der Waals surface area contributed by atoms with Crippen molar-refractivity contribution >= 4 is 15.9 Å². The van der Waals surface area contributed by atoms with Crippen molar-refractivity contribution in [3.8, 4) is 11.1 Å². The fraction of sp³-hybridized carbons (Fsp3) is 0.286. The van der Waals surface area contributed by atoms with Gasteiger partial charge in [-0.05, 0) is 25.0 Å². The van der Waals surface area contributed by atoms with E-state index in [1.54, 1.807) is 0 Å². The van der Waals surface area contributed by atoms with Gasteiger partial charge in [0.15, 0.2) is 0 Å². The molecule has 1 aromatic carbocycles. The number of nitrogens with zero attached hydrogens (tertiary/aromatic N) is 2. The van der Waals surface area contributed by atoms with E-state index in [-0.39, 0.29) is 0 Å². The second kappa shape index (κ2) is 5.16. The Morgan fingerprint density at radius 2 is 1.83 bits per heavy atom. The molecule has 0 aliphatic heterocycles. The summed E-state index contributed by atoms with van der Waals surface area (Å²) < 4.78 is 1.03. The highest BCUT2D eigenvalue weighted by Crippen LogP contribution is 2.27. The third kappa shape index (κ3) is 2.60. The van der Waals surface area contributed by atoms with E-state index in [0.29, 0.717) is 5.82 Å². The van der Waals surface area contributed by atoms with Crippen LogP contribution in [-0.2, 0) is 5.54 Å². The summed E-state index contributed by atoms with van der Waals surface area (Å²) in [5, 5.41) is 0. The Bertz CT molecular complexity index is 535. The van der Waals surface area contributed by atoms with E-state index in [0.717, 1.165) is 22.0 Å². The Morgan fingerprint density at radius 3 is 2.39 bits per heavy atom. The van der Waals surface area contributed by atoms with Crippen molar-refractivity contribution in [2.45, 2.75) is 25.8 Å². The molecular weight excluding hydrogens is 290 g/mol. The Morgan fingerprint density at radius 1 is 1.22 bits per heavy atom. The van der Waals surface area contributed by atoms with Gasteiger partial charge in [-0.1, -0.05) is 41.1 Å². The molecular formula is C14H16BrN3. The Kier molecular flexibility index (Phi) is 3.78. The summed E-state index contributed by atoms with van der Waals surface area (Å²) in [5.74, 6) is 0.681. The third-order valence-electron chi connectivity index (χ3n) is 3.08. The maximum absolute atomic E-state index is 6.12. The van der Waals surface area contributed by atoms with Crippen molar-refractivity contribution in [1.82, 2.24) is 9.97 Å². The molecule has 1 unspecified atom stereocenters. The minimum atomic E-state index is -0.466. The molecule has 2 N–H and O–H groups in total. The van der Waals surface area contributed by atoms with Crippen molar-refractivity contribution in [2.75, 3.05) is 0 Å². The molecule has 1 aromatic heterocycles. The number of hydrogen-bond donors (Lipinski definition) is 1. The van der Waals surface area contributed by atoms with Crippen LogP contribution in [0.3, 0.4) is 0 Å². The number of hydrogen-bond acceptors (Lipinski definition) is 3. The fourth-order valence-corrected chi connectivity index (χ4v) is 2.13. The van der Waals surface area contributed by atoms with Crippen LogP contribution in [0.5, 0.6) is 0 Å². The van der Waals surface area contributed by atoms with E-state index in [2.05, 4.69) is 25.9 Å². The van der Waals surface area contributed by atoms with Crippen LogP contribution in [0.25, 0.3) is 11.1 Å². The van der Waals surface area contributed by atoms with E-state index >= 15 is 0 Å². The van der Waals surface area contributed by atoms with Gasteiger partial charge in [0, 0.05) is 22.4 Å². The van der Waals surface area contributed by atoms with Crippen molar-refractivity contribution in [1.29, 1.82) is 0 Å². The molecule has 4 heteroatoms. The second-order valence-electron chi connectivity index (χ2n) is 4.55. The zero-order chi connectivity index (χ0) is 13.2. The van der Waals surface area contributed by atoms with Gasteiger partial charge in [-0.25, -0.2) is 9.97 Å². The Balaban J connectivity index is 2.37. The highest BCUT2D eigenvalue weighted by molar-refractivity contribution is 9.10. The van der Waals surface area contributed by atoms with Gasteiger partial charge in [0.2, 0.25) is 0 Å². The summed E-state index contributed by atoms with van der Waals surface area (Å²) in [6.45, 7) is 3.98. The Labute approximate surface area is 116 Å². The minimum absolute atomic E-state index is 0.466. The first-order valence-corrected chi connectivity index (χ1v) is 6.70. The maximum Gasteiger partial charge on any atom is 0.147 e. The topological polar surface area (TPSA) is 51.8 Å². The van der Waals surface area contributed by atoms with Gasteiger partial charge in [-0.2, -0.15) is 0 Å². The molecule has 0 bridgehead atoms. The molecule has 0 spiro atoms. The largest absolute Gasteiger partial charge is 0.319 e. The highest BCUT2D eigenvalue weighted by atomic mass is 79.9. The van der Waals surface area contributed by atoms with Crippen molar-refractivity contribution in [3.63, 3.8) is 0 Å². The van der Waals surface area contributed by atoms with Crippen LogP contribution in [0.4, 0.5) is 0 Å². The quantitative estimate of drug-likeness (QED) is 0.944. The van der Waals surface area contributed by atoms with Crippen LogP contribution in [0.2, 0.25) is 0 Å². The SMILES string of the molecule is CCC(C)(N)c1ncc(-c2ccccc2Br)cn1. The lowest BCUT2D eigenvalue weighted by Crippen LogP contribution is -2.34. The van der Waals surface area contributed by atoms with Gasteiger partial charge in [0.05, 0.1) is 5.54 Å². The predicted molar refractivity (Wildman–Crippen MR) is 77.0 cm³/mol. The summed E-state index contributed by atoms with van der Waals surface area (Å²) in [7, 11) is 0. The van der Waals surface area contributed by atoms with Crippen LogP contribution in [-0.4, -0.2) is 9.97 Å². The van der Waals surface area contributed by atoms with Gasteiger partial charge >= 0.3 is 0 Å². The first-order chi connectivity index (χ1) is 8.54. The van der Waals surface area contributed by atoms with E-state index < -0.39 is 5.54 Å². The van der Waals surface area contributed by atoms with E-state index in [4.69, 9.17) is 5.73 Å². The first-order valence-electron chi connectivity index (χ1n) is 5.91. The molecule has 2 aromatic rings. The molecule has 2 rings (SSSR count). The summed E-state index contributed by atoms with van der Waals surface area (Å²) in [6.07, 6.45) is 4.45. The molecule has 3 nitrogen and oxygen atoms in total. The summed E-state index contributed by atoms with van der Waals surface area (Å²) >= 11 is 3.52. The molecule has 0 aliphatic rings. The number of halogens is 1. The highest BCUT2D eigenvalue weighted by Gasteiger charge is 2.21. The molecule has 18 heavy (non-hydrogen) atoms. The molecule has 1 heterocycles. The molecule has 0 radical (unpaired) electrons. The smallest absolute Gasteiger partial charge is 0.147 e. The van der Waals surface area contributed by atoms with Gasteiger partial charge < -0.3 is 5.73 Å². The summed E-state index contributed by atoms with van der Waals surface area (Å²) in [5.41, 5.74) is 7.72. The number of benzene rings is 1. The van der Waals surface area contributed by atoms with E-state index in [1.807, 2.05) is 50.5 Å². The van der Waals surface area contributed by atoms with E-state index in [9.17, 15) is 0 Å². The average molecular weight is 306 g/mol. The molecule has 0 aliphatic carbocycles. The Hall–Kier alpha value is -1.26. The van der Waals surface area contributed by atoms with Crippen LogP contribution < -0.4 is 5.73 Å². The van der Waals surface area contributed by atoms with Gasteiger partial charge in [-0.3, -0.25) is 0 Å². The fourth-order valence-electron chi connectivity index (χ4n) is 1.62. The van der Waals surface area contributed by atoms with Gasteiger partial charge in [0.1, 0.15) is 5.82 Å². The number of nitrogens with two attached hydrogens (primary N) is 1. The molecule has 0 saturated carbocycles. The van der Waals surface area contributed by atoms with Crippen LogP contribution in [0, 0.1) is 0 Å². The third-order valence-corrected chi connectivity index (χ3v) is 3.77. The predicted octanol–water partition coefficient (Wildman–Crippen LogP) is 3.49. The van der Waals surface area contributed by atoms with E-state index in [1.165, 1.54) is 0 Å². The first kappa shape index (κ1) is 13.2. The van der Waals surface area contributed by atoms with Crippen molar-refractivity contribution in [2.24, 2.45) is 5.73 Å². The standard InChI is InChI=1S/C14H16BrN3/c1-3-14(2,16)13-17-8-10(9-18-13)11-6-4-5-7-12(11)15/h4-9H,3,16H2,1-2H3. The van der Waals surface area contributed by atoms with Crippen LogP contribution in [0.1, 0.15) is 26.1 Å². The molecule has 0 fully saturated rings. The van der Waals surface area contributed by atoms with Crippen molar-refractivity contribution in [3.05, 3.63) is 47.0 Å². The summed E-state index contributed by atoms with van der Waals surface area (Å²) in [6, 6.07) is 8.01. The maximum atomic E-state index is 6.12. The molecule has 1 atom stereocenters. The second-order valence-corrected chi connectivity index (χ2v) is 5.40. The monoisotopic (exact) mass is 305 g/mol. The number of rotatable bonds is 3. The lowest BCUT2D eigenvalue weighted by Gasteiger charge is -2.20. The average Bonchev–Trinajstić information content (AvgIpc) is 2.39. The summed E-state index contributed by atoms with van der Waals surface area (Å²) in [4.78, 5) is 8.76. The van der Waals surface area contributed by atoms with Crippen LogP contribution >= 0.6 is 15.9 Å². The van der Waals surface area contributed by atoms with Crippen molar-refractivity contribution < 1.29 is 0 Å². The van der Waals surface area contributed by atoms with Crippen LogP contribution in [0.15, 0.2) is 41.1 Å². The van der Waals surface area contributed by atoms with Gasteiger partial charge in [0.25, 0.3) is 0 Å². The lowest BCUT2D eigenvalue weighted by atomic mass is 9.99. The molecule has 94 valence electrons. The zero-order valence-corrected chi connectivity index (χ0v) is 12.1. The normalized spacial score (nSPS) is 14.2. The molecule has 0 saturated heterocycles. The number of aromatic nitrogens is 2. The molecule has 0 amide bonds. The lowest BCUT2D eigenvalue weighted by molar-refractivity contribution is 0.445.